The summed E-state index contributed by atoms with van der Waals surface area (Å²) in [5, 5.41) is 18.1. The Morgan fingerprint density at radius 2 is 2.15 bits per heavy atom. The quantitative estimate of drug-likeness (QED) is 0.680. The van der Waals surface area contributed by atoms with Crippen LogP contribution in [0.15, 0.2) is 18.2 Å². The molecule has 3 nitrogen and oxygen atoms in total. The fourth-order valence-electron chi connectivity index (χ4n) is 1.15. The topological polar surface area (TPSA) is 57.5 Å². The number of benzene rings is 1. The van der Waals surface area contributed by atoms with E-state index >= 15 is 0 Å². The van der Waals surface area contributed by atoms with E-state index in [1.54, 1.807) is 12.1 Å². The Balaban J connectivity index is 2.79. The molecule has 13 heavy (non-hydrogen) atoms. The molecule has 0 fully saturated rings. The molecule has 0 amide bonds. The number of rotatable bonds is 4. The van der Waals surface area contributed by atoms with Gasteiger partial charge in [0.25, 0.3) is 0 Å². The van der Waals surface area contributed by atoms with Crippen molar-refractivity contribution in [2.24, 2.45) is 0 Å². The van der Waals surface area contributed by atoms with E-state index in [0.717, 1.165) is 11.8 Å². The minimum absolute atomic E-state index is 0.0948. The van der Waals surface area contributed by atoms with Gasteiger partial charge in [-0.05, 0) is 24.1 Å². The summed E-state index contributed by atoms with van der Waals surface area (Å²) in [5.41, 5.74) is 1.46. The molecule has 0 saturated heterocycles. The second-order valence-electron chi connectivity index (χ2n) is 2.83. The van der Waals surface area contributed by atoms with Crippen LogP contribution in [0, 0.1) is 0 Å². The standard InChI is InChI=1S/C10H12O3/c11-5-1-2-8-3-4-10(13)9(6-8)7-12/h3-6,12-13H,1-2,7H2. The molecule has 0 heterocycles. The number of aldehydes is 1. The van der Waals surface area contributed by atoms with Gasteiger partial charge < -0.3 is 15.0 Å². The van der Waals surface area contributed by atoms with Gasteiger partial charge in [-0.2, -0.15) is 0 Å². The van der Waals surface area contributed by atoms with E-state index in [1.807, 2.05) is 0 Å². The van der Waals surface area contributed by atoms with E-state index in [1.165, 1.54) is 6.07 Å². The van der Waals surface area contributed by atoms with Gasteiger partial charge >= 0.3 is 0 Å². The van der Waals surface area contributed by atoms with Crippen molar-refractivity contribution in [3.63, 3.8) is 0 Å². The summed E-state index contributed by atoms with van der Waals surface area (Å²) in [5.74, 6) is 0.0948. The van der Waals surface area contributed by atoms with Crippen LogP contribution >= 0.6 is 0 Å². The molecule has 3 heteroatoms. The van der Waals surface area contributed by atoms with Gasteiger partial charge in [0.05, 0.1) is 6.61 Å². The lowest BCUT2D eigenvalue weighted by Gasteiger charge is -2.03. The molecule has 1 rings (SSSR count). The maximum absolute atomic E-state index is 10.1. The van der Waals surface area contributed by atoms with Crippen molar-refractivity contribution < 1.29 is 15.0 Å². The maximum atomic E-state index is 10.1. The number of hydrogen-bond donors (Lipinski definition) is 2. The molecule has 2 N–H and O–H groups in total. The molecule has 0 aliphatic rings. The first-order valence-corrected chi connectivity index (χ1v) is 4.13. The molecule has 0 radical (unpaired) electrons. The van der Waals surface area contributed by atoms with Gasteiger partial charge in [0.1, 0.15) is 12.0 Å². The number of phenols is 1. The minimum atomic E-state index is -0.180. The Morgan fingerprint density at radius 3 is 2.77 bits per heavy atom. The molecule has 0 aliphatic carbocycles. The van der Waals surface area contributed by atoms with Crippen LogP contribution in [-0.2, 0) is 17.8 Å². The maximum Gasteiger partial charge on any atom is 0.121 e. The van der Waals surface area contributed by atoms with E-state index in [4.69, 9.17) is 5.11 Å². The number of aryl methyl sites for hydroxylation is 1. The fourth-order valence-corrected chi connectivity index (χ4v) is 1.15. The molecule has 0 atom stereocenters. The van der Waals surface area contributed by atoms with E-state index in [2.05, 4.69) is 0 Å². The summed E-state index contributed by atoms with van der Waals surface area (Å²) < 4.78 is 0. The van der Waals surface area contributed by atoms with E-state index in [-0.39, 0.29) is 12.4 Å². The summed E-state index contributed by atoms with van der Waals surface area (Å²) in [4.78, 5) is 10.1. The van der Waals surface area contributed by atoms with Crippen LogP contribution in [0.3, 0.4) is 0 Å². The Hall–Kier alpha value is -1.35. The average Bonchev–Trinajstić information content (AvgIpc) is 2.16. The highest BCUT2D eigenvalue weighted by molar-refractivity contribution is 5.50. The van der Waals surface area contributed by atoms with Gasteiger partial charge in [-0.3, -0.25) is 0 Å². The largest absolute Gasteiger partial charge is 0.508 e. The predicted octanol–water partition coefficient (Wildman–Crippen LogP) is 1.02. The van der Waals surface area contributed by atoms with Crippen molar-refractivity contribution in [3.05, 3.63) is 29.3 Å². The van der Waals surface area contributed by atoms with Crippen molar-refractivity contribution in [1.82, 2.24) is 0 Å². The van der Waals surface area contributed by atoms with Crippen LogP contribution < -0.4 is 0 Å². The van der Waals surface area contributed by atoms with Gasteiger partial charge in [0.2, 0.25) is 0 Å². The van der Waals surface area contributed by atoms with Crippen LogP contribution in [0.25, 0.3) is 0 Å². The minimum Gasteiger partial charge on any atom is -0.508 e. The zero-order valence-corrected chi connectivity index (χ0v) is 7.23. The Bertz CT molecular complexity index is 294. The summed E-state index contributed by atoms with van der Waals surface area (Å²) in [6.07, 6.45) is 1.97. The number of aliphatic hydroxyl groups excluding tert-OH is 1. The molecule has 0 unspecified atom stereocenters. The number of aromatic hydroxyl groups is 1. The van der Waals surface area contributed by atoms with Crippen molar-refractivity contribution in [2.45, 2.75) is 19.4 Å². The molecule has 0 bridgehead atoms. The molecular formula is C10H12O3. The first-order valence-electron chi connectivity index (χ1n) is 4.13. The third-order valence-corrected chi connectivity index (χ3v) is 1.87. The van der Waals surface area contributed by atoms with Crippen molar-refractivity contribution in [2.75, 3.05) is 0 Å². The van der Waals surface area contributed by atoms with Gasteiger partial charge in [-0.15, -0.1) is 0 Å². The molecular weight excluding hydrogens is 168 g/mol. The molecule has 1 aromatic carbocycles. The smallest absolute Gasteiger partial charge is 0.121 e. The number of aliphatic hydroxyl groups is 1. The lowest BCUT2D eigenvalue weighted by atomic mass is 10.1. The Kier molecular flexibility index (Phi) is 3.46. The van der Waals surface area contributed by atoms with Gasteiger partial charge in [0, 0.05) is 12.0 Å². The van der Waals surface area contributed by atoms with Crippen LogP contribution in [0.5, 0.6) is 5.75 Å². The highest BCUT2D eigenvalue weighted by atomic mass is 16.3. The molecule has 1 aromatic rings. The first-order chi connectivity index (χ1) is 6.27. The summed E-state index contributed by atoms with van der Waals surface area (Å²) in [7, 11) is 0. The second-order valence-corrected chi connectivity index (χ2v) is 2.83. The second kappa shape index (κ2) is 4.62. The number of hydrogen-bond acceptors (Lipinski definition) is 3. The predicted molar refractivity (Wildman–Crippen MR) is 48.4 cm³/mol. The molecule has 0 aromatic heterocycles. The molecule has 0 spiro atoms. The van der Waals surface area contributed by atoms with E-state index in [9.17, 15) is 9.90 Å². The fraction of sp³-hybridized carbons (Fsp3) is 0.300. The molecule has 0 saturated carbocycles. The van der Waals surface area contributed by atoms with Crippen LogP contribution in [0.4, 0.5) is 0 Å². The zero-order chi connectivity index (χ0) is 9.68. The summed E-state index contributed by atoms with van der Waals surface area (Å²) >= 11 is 0. The summed E-state index contributed by atoms with van der Waals surface area (Å²) in [6, 6.07) is 4.99. The van der Waals surface area contributed by atoms with Crippen molar-refractivity contribution >= 4 is 6.29 Å². The average molecular weight is 180 g/mol. The van der Waals surface area contributed by atoms with Crippen LogP contribution in [0.1, 0.15) is 17.5 Å². The van der Waals surface area contributed by atoms with Gasteiger partial charge in [-0.1, -0.05) is 6.07 Å². The summed E-state index contributed by atoms with van der Waals surface area (Å²) in [6.45, 7) is -0.180. The normalized spacial score (nSPS) is 9.92. The Labute approximate surface area is 76.6 Å². The van der Waals surface area contributed by atoms with Crippen molar-refractivity contribution in [3.8, 4) is 5.75 Å². The van der Waals surface area contributed by atoms with Crippen LogP contribution in [-0.4, -0.2) is 16.5 Å². The van der Waals surface area contributed by atoms with Gasteiger partial charge in [0.15, 0.2) is 0 Å². The first kappa shape index (κ1) is 9.74. The number of carbonyl (C=O) groups excluding carboxylic acids is 1. The highest BCUT2D eigenvalue weighted by Gasteiger charge is 2.00. The zero-order valence-electron chi connectivity index (χ0n) is 7.23. The van der Waals surface area contributed by atoms with E-state index in [0.29, 0.717) is 18.4 Å². The third-order valence-electron chi connectivity index (χ3n) is 1.87. The monoisotopic (exact) mass is 180 g/mol. The van der Waals surface area contributed by atoms with Crippen LogP contribution in [0.2, 0.25) is 0 Å². The highest BCUT2D eigenvalue weighted by Crippen LogP contribution is 2.18. The Morgan fingerprint density at radius 1 is 1.38 bits per heavy atom. The molecule has 70 valence electrons. The van der Waals surface area contributed by atoms with Gasteiger partial charge in [-0.25, -0.2) is 0 Å². The van der Waals surface area contributed by atoms with E-state index < -0.39 is 0 Å². The lowest BCUT2D eigenvalue weighted by Crippen LogP contribution is -1.90. The third kappa shape index (κ3) is 2.56. The number of carbonyl (C=O) groups is 1. The lowest BCUT2D eigenvalue weighted by molar-refractivity contribution is -0.107. The van der Waals surface area contributed by atoms with Crippen molar-refractivity contribution in [1.29, 1.82) is 0 Å². The SMILES string of the molecule is O=CCCc1ccc(O)c(CO)c1. The molecule has 0 aliphatic heterocycles.